The van der Waals surface area contributed by atoms with Crippen LogP contribution in [0.4, 0.5) is 0 Å². The Labute approximate surface area is 132 Å². The summed E-state index contributed by atoms with van der Waals surface area (Å²) in [4.78, 5) is 16.9. The van der Waals surface area contributed by atoms with E-state index >= 15 is 0 Å². The van der Waals surface area contributed by atoms with Crippen molar-refractivity contribution in [3.63, 3.8) is 0 Å². The molecule has 0 radical (unpaired) electrons. The van der Waals surface area contributed by atoms with Crippen LogP contribution in [0.3, 0.4) is 0 Å². The standard InChI is InChI=1S/C14H8N2O3S.C2H6O/c17-14-9-5-1-3-7-11(9)15-13-10-6-2-4-8-12(10)20(18,19)16(13)14;1-2-3/h1-8H;3H,2H2,1H3. The fourth-order valence-corrected chi connectivity index (χ4v) is 4.05. The first-order valence-electron chi connectivity index (χ1n) is 7.00. The molecule has 6 nitrogen and oxygen atoms in total. The van der Waals surface area contributed by atoms with Crippen LogP contribution in [0, 0.1) is 0 Å². The molecule has 2 aromatic carbocycles. The van der Waals surface area contributed by atoms with Gasteiger partial charge in [0.15, 0.2) is 5.82 Å². The second kappa shape index (κ2) is 5.60. The second-order valence-electron chi connectivity index (χ2n) is 4.84. The molecule has 0 aliphatic carbocycles. The molecule has 1 aliphatic heterocycles. The van der Waals surface area contributed by atoms with Crippen molar-refractivity contribution in [1.82, 2.24) is 8.96 Å². The van der Waals surface area contributed by atoms with E-state index in [1.165, 1.54) is 6.07 Å². The lowest BCUT2D eigenvalue weighted by Crippen LogP contribution is -2.25. The molecule has 1 aromatic heterocycles. The molecule has 2 heterocycles. The van der Waals surface area contributed by atoms with E-state index in [-0.39, 0.29) is 17.3 Å². The average molecular weight is 330 g/mol. The highest BCUT2D eigenvalue weighted by Crippen LogP contribution is 2.34. The molecule has 0 fully saturated rings. The molecule has 1 N–H and O–H groups in total. The minimum atomic E-state index is -3.85. The molecule has 1 aliphatic rings. The Balaban J connectivity index is 0.000000485. The van der Waals surface area contributed by atoms with Crippen LogP contribution in [-0.2, 0) is 10.0 Å². The highest BCUT2D eigenvalue weighted by molar-refractivity contribution is 7.90. The molecule has 7 heteroatoms. The lowest BCUT2D eigenvalue weighted by molar-refractivity contribution is 0.318. The van der Waals surface area contributed by atoms with Crippen LogP contribution < -0.4 is 5.56 Å². The Kier molecular flexibility index (Phi) is 3.75. The topological polar surface area (TPSA) is 89.3 Å². The van der Waals surface area contributed by atoms with Crippen LogP contribution in [0.15, 0.2) is 58.2 Å². The van der Waals surface area contributed by atoms with E-state index in [4.69, 9.17) is 5.11 Å². The normalized spacial score (nSPS) is 13.8. The molecule has 23 heavy (non-hydrogen) atoms. The fraction of sp³-hybridized carbons (Fsp3) is 0.125. The number of hydrogen-bond donors (Lipinski definition) is 1. The van der Waals surface area contributed by atoms with Gasteiger partial charge in [0.1, 0.15) is 0 Å². The largest absolute Gasteiger partial charge is 0.397 e. The summed E-state index contributed by atoms with van der Waals surface area (Å²) in [5.41, 5.74) is 0.410. The van der Waals surface area contributed by atoms with Gasteiger partial charge in [-0.15, -0.1) is 0 Å². The molecule has 118 valence electrons. The summed E-state index contributed by atoms with van der Waals surface area (Å²) in [6, 6.07) is 13.2. The van der Waals surface area contributed by atoms with Crippen molar-refractivity contribution in [2.24, 2.45) is 0 Å². The van der Waals surface area contributed by atoms with E-state index in [9.17, 15) is 13.2 Å². The number of fused-ring (bicyclic) bond motifs is 4. The summed E-state index contributed by atoms with van der Waals surface area (Å²) in [7, 11) is -3.85. The van der Waals surface area contributed by atoms with Gasteiger partial charge >= 0.3 is 0 Å². The van der Waals surface area contributed by atoms with E-state index in [1.807, 2.05) is 0 Å². The minimum absolute atomic E-state index is 0.125. The van der Waals surface area contributed by atoms with Gasteiger partial charge in [0.05, 0.1) is 15.8 Å². The Morgan fingerprint density at radius 2 is 1.70 bits per heavy atom. The van der Waals surface area contributed by atoms with Gasteiger partial charge in [0.2, 0.25) is 0 Å². The zero-order valence-electron chi connectivity index (χ0n) is 12.3. The van der Waals surface area contributed by atoms with Gasteiger partial charge in [-0.25, -0.2) is 13.4 Å². The summed E-state index contributed by atoms with van der Waals surface area (Å²) >= 11 is 0. The van der Waals surface area contributed by atoms with Crippen molar-refractivity contribution in [1.29, 1.82) is 0 Å². The maximum atomic E-state index is 12.5. The molecule has 0 unspecified atom stereocenters. The first-order valence-corrected chi connectivity index (χ1v) is 8.44. The first-order chi connectivity index (χ1) is 11.0. The summed E-state index contributed by atoms with van der Waals surface area (Å²) in [5.74, 6) is 0.185. The van der Waals surface area contributed by atoms with E-state index in [0.717, 1.165) is 3.97 Å². The highest BCUT2D eigenvalue weighted by Gasteiger charge is 2.34. The number of benzene rings is 2. The van der Waals surface area contributed by atoms with Gasteiger partial charge in [0.25, 0.3) is 15.6 Å². The monoisotopic (exact) mass is 330 g/mol. The van der Waals surface area contributed by atoms with E-state index in [2.05, 4.69) is 4.98 Å². The Morgan fingerprint density at radius 3 is 2.43 bits per heavy atom. The maximum absolute atomic E-state index is 12.5. The summed E-state index contributed by atoms with van der Waals surface area (Å²) in [6.45, 7) is 1.93. The number of rotatable bonds is 0. The summed E-state index contributed by atoms with van der Waals surface area (Å²) in [6.07, 6.45) is 0. The SMILES string of the molecule is CCO.O=c1c2ccccc2nc2n1S(=O)(=O)c1ccccc1-2. The van der Waals surface area contributed by atoms with Gasteiger partial charge < -0.3 is 5.11 Å². The third-order valence-corrected chi connectivity index (χ3v) is 5.12. The van der Waals surface area contributed by atoms with E-state index in [1.54, 1.807) is 49.4 Å². The molecule has 4 rings (SSSR count). The molecular formula is C16H14N2O4S. The number of aliphatic hydroxyl groups is 1. The van der Waals surface area contributed by atoms with Crippen molar-refractivity contribution in [3.8, 4) is 11.4 Å². The van der Waals surface area contributed by atoms with Gasteiger partial charge in [-0.3, -0.25) is 4.79 Å². The Bertz CT molecular complexity index is 1060. The average Bonchev–Trinajstić information content (AvgIpc) is 2.77. The van der Waals surface area contributed by atoms with Gasteiger partial charge in [-0.2, -0.15) is 3.97 Å². The summed E-state index contributed by atoms with van der Waals surface area (Å²) in [5, 5.41) is 7.87. The van der Waals surface area contributed by atoms with Crippen LogP contribution in [-0.4, -0.2) is 29.1 Å². The molecule has 0 amide bonds. The van der Waals surface area contributed by atoms with Crippen LogP contribution in [0.2, 0.25) is 0 Å². The summed E-state index contributed by atoms with van der Waals surface area (Å²) < 4.78 is 25.7. The second-order valence-corrected chi connectivity index (χ2v) is 6.59. The molecule has 0 saturated carbocycles. The minimum Gasteiger partial charge on any atom is -0.397 e. The number of nitrogens with zero attached hydrogens (tertiary/aromatic N) is 2. The van der Waals surface area contributed by atoms with Crippen molar-refractivity contribution < 1.29 is 13.5 Å². The number of aromatic nitrogens is 2. The number of para-hydroxylation sites is 1. The van der Waals surface area contributed by atoms with Crippen LogP contribution >= 0.6 is 0 Å². The van der Waals surface area contributed by atoms with Gasteiger partial charge in [-0.1, -0.05) is 24.3 Å². The van der Waals surface area contributed by atoms with Crippen molar-refractivity contribution in [2.45, 2.75) is 11.8 Å². The predicted molar refractivity (Wildman–Crippen MR) is 86.8 cm³/mol. The first kappa shape index (κ1) is 15.4. The van der Waals surface area contributed by atoms with E-state index in [0.29, 0.717) is 16.5 Å². The Hall–Kier alpha value is -2.51. The van der Waals surface area contributed by atoms with Crippen molar-refractivity contribution in [2.75, 3.05) is 6.61 Å². The fourth-order valence-electron chi connectivity index (χ4n) is 2.48. The van der Waals surface area contributed by atoms with Crippen molar-refractivity contribution in [3.05, 3.63) is 58.9 Å². The molecule has 0 spiro atoms. The molecule has 0 bridgehead atoms. The molecule has 0 atom stereocenters. The van der Waals surface area contributed by atoms with Gasteiger partial charge in [0, 0.05) is 12.2 Å². The quantitative estimate of drug-likeness (QED) is 0.529. The number of aliphatic hydroxyl groups excluding tert-OH is 1. The third kappa shape index (κ3) is 2.25. The highest BCUT2D eigenvalue weighted by atomic mass is 32.2. The maximum Gasteiger partial charge on any atom is 0.275 e. The molecule has 3 aromatic rings. The van der Waals surface area contributed by atoms with Crippen LogP contribution in [0.5, 0.6) is 0 Å². The lowest BCUT2D eigenvalue weighted by atomic mass is 10.2. The third-order valence-electron chi connectivity index (χ3n) is 3.38. The van der Waals surface area contributed by atoms with Gasteiger partial charge in [-0.05, 0) is 31.2 Å². The smallest absolute Gasteiger partial charge is 0.275 e. The molecule has 0 saturated heterocycles. The van der Waals surface area contributed by atoms with Crippen LogP contribution in [0.25, 0.3) is 22.3 Å². The zero-order chi connectivity index (χ0) is 16.6. The number of hydrogen-bond acceptors (Lipinski definition) is 5. The zero-order valence-corrected chi connectivity index (χ0v) is 13.1. The van der Waals surface area contributed by atoms with Crippen LogP contribution in [0.1, 0.15) is 6.92 Å². The van der Waals surface area contributed by atoms with Crippen molar-refractivity contribution >= 4 is 20.9 Å². The predicted octanol–water partition coefficient (Wildman–Crippen LogP) is 1.61. The van der Waals surface area contributed by atoms with E-state index < -0.39 is 15.6 Å². The molecular weight excluding hydrogens is 316 g/mol. The lowest BCUT2D eigenvalue weighted by Gasteiger charge is -2.04. The Morgan fingerprint density at radius 1 is 1.09 bits per heavy atom.